The van der Waals surface area contributed by atoms with E-state index in [4.69, 9.17) is 11.6 Å². The lowest BCUT2D eigenvalue weighted by atomic mass is 9.94. The molecule has 0 unspecified atom stereocenters. The molecule has 0 aliphatic heterocycles. The van der Waals surface area contributed by atoms with Gasteiger partial charge in [-0.1, -0.05) is 17.7 Å². The number of Topliss-reactive ketones (excluding diaryl/α,β-unsaturated/α-hetero) is 1. The van der Waals surface area contributed by atoms with Gasteiger partial charge in [-0.15, -0.1) is 0 Å². The molecule has 3 heteroatoms. The molecule has 0 bridgehead atoms. The highest BCUT2D eigenvalue weighted by Gasteiger charge is 2.19. The summed E-state index contributed by atoms with van der Waals surface area (Å²) in [6.45, 7) is 0. The second kappa shape index (κ2) is 3.56. The maximum absolute atomic E-state index is 11.7. The average molecular weight is 232 g/mol. The first kappa shape index (κ1) is 9.79. The van der Waals surface area contributed by atoms with Crippen molar-refractivity contribution in [1.29, 1.82) is 0 Å². The number of nitrogens with zero attached hydrogens (tertiary/aromatic N) is 1. The number of fused-ring (bicyclic) bond motifs is 2. The lowest BCUT2D eigenvalue weighted by Crippen LogP contribution is -2.12. The number of rotatable bonds is 0. The average Bonchev–Trinajstić information content (AvgIpc) is 2.28. The first-order chi connectivity index (χ1) is 7.74. The minimum atomic E-state index is 0.156. The van der Waals surface area contributed by atoms with Crippen molar-refractivity contribution < 1.29 is 4.79 Å². The Morgan fingerprint density at radius 2 is 2.06 bits per heavy atom. The second-order valence-electron chi connectivity index (χ2n) is 4.11. The number of carbonyl (C=O) groups is 1. The molecule has 0 saturated heterocycles. The van der Waals surface area contributed by atoms with Crippen LogP contribution in [0.3, 0.4) is 0 Å². The molecule has 0 N–H and O–H groups in total. The summed E-state index contributed by atoms with van der Waals surface area (Å²) in [6, 6.07) is 7.66. The summed E-state index contributed by atoms with van der Waals surface area (Å²) in [4.78, 5) is 16.1. The van der Waals surface area contributed by atoms with Gasteiger partial charge in [0.05, 0.1) is 5.52 Å². The summed E-state index contributed by atoms with van der Waals surface area (Å²) in [7, 11) is 0. The fourth-order valence-electron chi connectivity index (χ4n) is 2.17. The van der Waals surface area contributed by atoms with Crippen molar-refractivity contribution in [1.82, 2.24) is 4.98 Å². The standard InChI is InChI=1S/C13H10ClNO/c14-10-5-4-8-6-9-2-1-3-12(16)13(9)15-11(8)7-10/h4-7H,1-3H2. The van der Waals surface area contributed by atoms with Gasteiger partial charge in [0, 0.05) is 16.8 Å². The van der Waals surface area contributed by atoms with Gasteiger partial charge in [-0.25, -0.2) is 4.98 Å². The van der Waals surface area contributed by atoms with Crippen molar-refractivity contribution in [3.63, 3.8) is 0 Å². The van der Waals surface area contributed by atoms with Gasteiger partial charge < -0.3 is 0 Å². The smallest absolute Gasteiger partial charge is 0.181 e. The second-order valence-corrected chi connectivity index (χ2v) is 4.55. The zero-order chi connectivity index (χ0) is 11.1. The first-order valence-electron chi connectivity index (χ1n) is 5.36. The lowest BCUT2D eigenvalue weighted by Gasteiger charge is -2.14. The number of hydrogen-bond donors (Lipinski definition) is 0. The molecule has 0 saturated carbocycles. The summed E-state index contributed by atoms with van der Waals surface area (Å²) in [5.41, 5.74) is 2.52. The molecule has 0 radical (unpaired) electrons. The summed E-state index contributed by atoms with van der Waals surface area (Å²) >= 11 is 5.91. The van der Waals surface area contributed by atoms with Crippen LogP contribution in [0.1, 0.15) is 28.9 Å². The monoisotopic (exact) mass is 231 g/mol. The predicted octanol–water partition coefficient (Wildman–Crippen LogP) is 3.41. The minimum absolute atomic E-state index is 0.156. The highest BCUT2D eigenvalue weighted by atomic mass is 35.5. The number of ketones is 1. The molecule has 1 heterocycles. The number of aryl methyl sites for hydroxylation is 1. The molecule has 80 valence electrons. The Labute approximate surface area is 98.3 Å². The molecule has 3 rings (SSSR count). The van der Waals surface area contributed by atoms with Gasteiger partial charge in [-0.2, -0.15) is 0 Å². The van der Waals surface area contributed by atoms with Crippen LogP contribution < -0.4 is 0 Å². The summed E-state index contributed by atoms with van der Waals surface area (Å²) in [6.07, 6.45) is 2.51. The van der Waals surface area contributed by atoms with Crippen LogP contribution in [0, 0.1) is 0 Å². The summed E-state index contributed by atoms with van der Waals surface area (Å²) < 4.78 is 0. The van der Waals surface area contributed by atoms with Crippen LogP contribution in [0.15, 0.2) is 24.3 Å². The van der Waals surface area contributed by atoms with E-state index < -0.39 is 0 Å². The molecule has 0 atom stereocenters. The van der Waals surface area contributed by atoms with E-state index in [9.17, 15) is 4.79 Å². The summed E-state index contributed by atoms with van der Waals surface area (Å²) in [5, 5.41) is 1.71. The van der Waals surface area contributed by atoms with E-state index in [1.54, 1.807) is 6.07 Å². The quantitative estimate of drug-likeness (QED) is 0.696. The van der Waals surface area contributed by atoms with Gasteiger partial charge in [-0.05, 0) is 36.6 Å². The first-order valence-corrected chi connectivity index (χ1v) is 5.74. The van der Waals surface area contributed by atoms with Gasteiger partial charge in [0.25, 0.3) is 0 Å². The Morgan fingerprint density at radius 3 is 2.94 bits per heavy atom. The van der Waals surface area contributed by atoms with Crippen molar-refractivity contribution in [2.45, 2.75) is 19.3 Å². The summed E-state index contributed by atoms with van der Waals surface area (Å²) in [5.74, 6) is 0.156. The lowest BCUT2D eigenvalue weighted by molar-refractivity contribution is 0.0967. The number of halogens is 1. The number of pyridine rings is 1. The number of aromatic nitrogens is 1. The van der Waals surface area contributed by atoms with Crippen LogP contribution in [-0.2, 0) is 6.42 Å². The van der Waals surface area contributed by atoms with E-state index in [0.717, 1.165) is 29.3 Å². The van der Waals surface area contributed by atoms with E-state index in [2.05, 4.69) is 11.1 Å². The van der Waals surface area contributed by atoms with Crippen LogP contribution in [0.2, 0.25) is 5.02 Å². The highest BCUT2D eigenvalue weighted by Crippen LogP contribution is 2.25. The molecular weight excluding hydrogens is 222 g/mol. The van der Waals surface area contributed by atoms with Crippen molar-refractivity contribution in [2.75, 3.05) is 0 Å². The maximum Gasteiger partial charge on any atom is 0.181 e. The molecule has 1 aromatic carbocycles. The molecule has 2 nitrogen and oxygen atoms in total. The molecule has 0 spiro atoms. The Balaban J connectivity index is 2.30. The van der Waals surface area contributed by atoms with Crippen molar-refractivity contribution >= 4 is 28.3 Å². The molecule has 1 aliphatic carbocycles. The van der Waals surface area contributed by atoms with Crippen molar-refractivity contribution in [3.05, 3.63) is 40.5 Å². The van der Waals surface area contributed by atoms with Gasteiger partial charge >= 0.3 is 0 Å². The SMILES string of the molecule is O=C1CCCc2cc3ccc(Cl)cc3nc21. The van der Waals surface area contributed by atoms with Crippen LogP contribution in [0.25, 0.3) is 10.9 Å². The zero-order valence-electron chi connectivity index (χ0n) is 8.66. The topological polar surface area (TPSA) is 30.0 Å². The third-order valence-electron chi connectivity index (χ3n) is 2.97. The number of benzene rings is 1. The van der Waals surface area contributed by atoms with E-state index in [0.29, 0.717) is 17.1 Å². The van der Waals surface area contributed by atoms with Crippen LogP contribution in [-0.4, -0.2) is 10.8 Å². The molecule has 1 aliphatic rings. The van der Waals surface area contributed by atoms with Gasteiger partial charge in [0.1, 0.15) is 5.69 Å². The van der Waals surface area contributed by atoms with E-state index in [-0.39, 0.29) is 5.78 Å². The fraction of sp³-hybridized carbons (Fsp3) is 0.231. The van der Waals surface area contributed by atoms with E-state index in [1.165, 1.54) is 0 Å². The molecular formula is C13H10ClNO. The highest BCUT2D eigenvalue weighted by molar-refractivity contribution is 6.31. The van der Waals surface area contributed by atoms with Crippen LogP contribution in [0.5, 0.6) is 0 Å². The molecule has 0 fully saturated rings. The zero-order valence-corrected chi connectivity index (χ0v) is 9.42. The van der Waals surface area contributed by atoms with Crippen LogP contribution >= 0.6 is 11.6 Å². The Hall–Kier alpha value is -1.41. The van der Waals surface area contributed by atoms with Gasteiger partial charge in [0.15, 0.2) is 5.78 Å². The molecule has 16 heavy (non-hydrogen) atoms. The number of carbonyl (C=O) groups excluding carboxylic acids is 1. The number of hydrogen-bond acceptors (Lipinski definition) is 2. The normalized spacial score (nSPS) is 15.2. The molecule has 1 aromatic heterocycles. The van der Waals surface area contributed by atoms with E-state index in [1.807, 2.05) is 12.1 Å². The van der Waals surface area contributed by atoms with Crippen molar-refractivity contribution in [2.24, 2.45) is 0 Å². The Bertz CT molecular complexity index is 592. The Kier molecular flexibility index (Phi) is 2.18. The largest absolute Gasteiger partial charge is 0.292 e. The van der Waals surface area contributed by atoms with Crippen LogP contribution in [0.4, 0.5) is 0 Å². The maximum atomic E-state index is 11.7. The van der Waals surface area contributed by atoms with E-state index >= 15 is 0 Å². The van der Waals surface area contributed by atoms with Gasteiger partial charge in [0.2, 0.25) is 0 Å². The predicted molar refractivity (Wildman–Crippen MR) is 64.0 cm³/mol. The third-order valence-corrected chi connectivity index (χ3v) is 3.21. The minimum Gasteiger partial charge on any atom is -0.292 e. The Morgan fingerprint density at radius 1 is 1.19 bits per heavy atom. The third kappa shape index (κ3) is 1.50. The van der Waals surface area contributed by atoms with Gasteiger partial charge in [-0.3, -0.25) is 4.79 Å². The molecule has 0 amide bonds. The molecule has 2 aromatic rings. The fourth-order valence-corrected chi connectivity index (χ4v) is 2.34. The van der Waals surface area contributed by atoms with Crippen molar-refractivity contribution in [3.8, 4) is 0 Å².